The molecule has 4 N–H and O–H groups in total. The molecule has 144 heavy (non-hydrogen) atoms. The number of nitrogens with zero attached hydrogens (tertiary/aromatic N) is 16. The number of carbonyl (C=O) groups is 2. The number of aliphatic imine (C=N–C) groups is 4. The van der Waals surface area contributed by atoms with Crippen LogP contribution in [0.15, 0.2) is 473 Å². The minimum Gasteiger partial charge on any atom is -0.493 e. The highest BCUT2D eigenvalue weighted by Crippen LogP contribution is 2.40. The number of rotatable bonds is 15. The van der Waals surface area contributed by atoms with Crippen LogP contribution in [-0.2, 0) is 9.59 Å². The number of amides is 2. The normalized spacial score (nSPS) is 14.8. The highest BCUT2D eigenvalue weighted by molar-refractivity contribution is 8.19. The summed E-state index contributed by atoms with van der Waals surface area (Å²) in [4.78, 5) is 98.4. The van der Waals surface area contributed by atoms with Gasteiger partial charge < -0.3 is 20.3 Å². The number of hydrogen-bond donors (Lipinski definition) is 4. The van der Waals surface area contributed by atoms with E-state index in [2.05, 4.69) is 46.0 Å². The number of aromatic hydroxyl groups is 3. The first kappa shape index (κ1) is 93.3. The van der Waals surface area contributed by atoms with Gasteiger partial charge in [-0.2, -0.15) is 0 Å². The molecule has 0 unspecified atom stereocenters. The summed E-state index contributed by atoms with van der Waals surface area (Å²) in [7, 11) is 0. The molecule has 14 aromatic carbocycles. The summed E-state index contributed by atoms with van der Waals surface area (Å²) < 4.78 is 5.33. The van der Waals surface area contributed by atoms with Crippen LogP contribution in [0.1, 0.15) is 31.3 Å². The largest absolute Gasteiger partial charge is 0.493 e. The van der Waals surface area contributed by atoms with Crippen LogP contribution in [0.3, 0.4) is 0 Å². The van der Waals surface area contributed by atoms with E-state index >= 15 is 0 Å². The smallest absolute Gasteiger partial charge is 0.271 e. The Kier molecular flexibility index (Phi) is 28.7. The molecule has 5 aromatic heterocycles. The lowest BCUT2D eigenvalue weighted by atomic mass is 10.1. The van der Waals surface area contributed by atoms with Crippen LogP contribution < -0.4 is 61.4 Å². The molecule has 5 aliphatic rings. The molecule has 696 valence electrons. The molecule has 5 aliphatic heterocycles. The van der Waals surface area contributed by atoms with Crippen LogP contribution in [0, 0.1) is 0 Å². The molecule has 0 bridgehead atoms. The van der Waals surface area contributed by atoms with Gasteiger partial charge in [0, 0.05) is 47.9 Å². The van der Waals surface area contributed by atoms with E-state index in [1.54, 1.807) is 73.0 Å². The van der Waals surface area contributed by atoms with Crippen molar-refractivity contribution in [3.63, 3.8) is 0 Å². The average Bonchev–Trinajstić information content (AvgIpc) is 1.65. The molecule has 2 amide bonds. The Morgan fingerprint density at radius 2 is 0.715 bits per heavy atom. The van der Waals surface area contributed by atoms with Gasteiger partial charge >= 0.3 is 0 Å². The van der Waals surface area contributed by atoms with Gasteiger partial charge in [0.25, 0.3) is 11.8 Å². The predicted octanol–water partition coefficient (Wildman–Crippen LogP) is 20.9. The molecule has 0 aliphatic carbocycles. The van der Waals surface area contributed by atoms with E-state index in [0.29, 0.717) is 34.5 Å². The van der Waals surface area contributed by atoms with Crippen molar-refractivity contribution >= 4 is 197 Å². The number of aromatic amines is 1. The van der Waals surface area contributed by atoms with Gasteiger partial charge in [-0.1, -0.05) is 246 Å². The van der Waals surface area contributed by atoms with E-state index in [1.165, 1.54) is 63.6 Å². The molecule has 0 spiro atoms. The summed E-state index contributed by atoms with van der Waals surface area (Å²) in [6, 6.07) is 124. The highest BCUT2D eigenvalue weighted by atomic mass is 32.2. The third-order valence-electron chi connectivity index (χ3n) is 22.3. The zero-order chi connectivity index (χ0) is 97.9. The summed E-state index contributed by atoms with van der Waals surface area (Å²) >= 11 is 7.01. The van der Waals surface area contributed by atoms with Crippen LogP contribution in [0.2, 0.25) is 0 Å². The summed E-state index contributed by atoms with van der Waals surface area (Å²) in [5.74, 6) is 0.264. The van der Waals surface area contributed by atoms with Crippen LogP contribution in [0.4, 0.5) is 51.2 Å². The lowest BCUT2D eigenvalue weighted by Gasteiger charge is -2.15. The molecule has 0 atom stereocenters. The fraction of sp³-hybridized carbons (Fsp3) is 0. The summed E-state index contributed by atoms with van der Waals surface area (Å²) in [6.07, 6.45) is 23.6. The van der Waals surface area contributed by atoms with E-state index in [4.69, 9.17) is 20.0 Å². The molecular formula is C116H81N17O6S5. The Morgan fingerprint density at radius 3 is 1.15 bits per heavy atom. The molecule has 28 heteroatoms. The van der Waals surface area contributed by atoms with Gasteiger partial charge in [0.05, 0.1) is 114 Å². The van der Waals surface area contributed by atoms with Gasteiger partial charge in [-0.15, -0.1) is 0 Å². The molecule has 2 saturated heterocycles. The topological polar surface area (TPSA) is 286 Å². The predicted molar refractivity (Wildman–Crippen MR) is 584 cm³/mol. The zero-order valence-corrected chi connectivity index (χ0v) is 80.3. The van der Waals surface area contributed by atoms with E-state index in [9.17, 15) is 29.7 Å². The van der Waals surface area contributed by atoms with Crippen molar-refractivity contribution in [2.24, 2.45) is 44.9 Å². The van der Waals surface area contributed by atoms with Crippen molar-refractivity contribution in [2.75, 3.05) is 9.80 Å². The first-order valence-corrected chi connectivity index (χ1v) is 49.4. The van der Waals surface area contributed by atoms with E-state index in [-0.39, 0.29) is 35.0 Å². The van der Waals surface area contributed by atoms with Gasteiger partial charge in [-0.05, 0) is 263 Å². The number of benzene rings is 14. The number of hydrogen-bond acceptors (Lipinski definition) is 22. The van der Waals surface area contributed by atoms with Crippen molar-refractivity contribution in [1.29, 1.82) is 0 Å². The number of para-hydroxylation sites is 10. The van der Waals surface area contributed by atoms with Gasteiger partial charge in [-0.25, -0.2) is 34.9 Å². The number of thioether (sulfide) groups is 2. The number of nitrogens with one attached hydrogen (secondary N) is 1. The maximum absolute atomic E-state index is 13.3. The van der Waals surface area contributed by atoms with Crippen molar-refractivity contribution in [3.8, 4) is 34.7 Å². The van der Waals surface area contributed by atoms with Crippen molar-refractivity contribution in [2.45, 2.75) is 0 Å². The lowest BCUT2D eigenvalue weighted by Crippen LogP contribution is -2.28. The number of carbonyl (C=O) groups excluding carboxylic acids is 2. The second kappa shape index (κ2) is 44.2. The van der Waals surface area contributed by atoms with Crippen LogP contribution in [-0.4, -0.2) is 78.7 Å². The summed E-state index contributed by atoms with van der Waals surface area (Å²) in [5, 5.41) is 40.2. The molecule has 0 saturated carbocycles. The standard InChI is InChI=1S/C24H16N4OS.2C24H17N3OS.C23H16N4OS.C21H15N3O2S/c29-23-22(16-17-11-12-20-21(15-17)26-14-13-25-20)30-24(27-18-7-3-1-4-8-18)28(23)19-9-5-2-6-10-19;28-23-22(16-17-11-12-21-18(15-17)13-14-25-21)29-24(26-19-7-3-1-4-8-19)27(23)20-9-5-2-6-10-20;28-23-22(16-17-11-12-18-13-14-25-21(18)15-17)29-24(26-19-7-3-1-4-8-19)27(23)20-9-5-2-6-10-20;28-22-21(14-16-11-12-19-20(13-16)25-15-24-19)29-23(26-17-7-3-1-4-8-17)27(22)18-9-5-2-6-10-18;25-19-12-11-15(14-22-19)13-18-20(26)24(17-9-5-2-6-10-17)21(27-18)23-16-7-3-1-4-8-16/h1-16H;2*1-16,28H;1-15,28H;1-14H,(H,22,25)/b22-16-,27-24?;;;;18-13-,23-21?. The Morgan fingerprint density at radius 1 is 0.333 bits per heavy atom. The Labute approximate surface area is 844 Å². The maximum atomic E-state index is 13.3. The number of fused-ring (bicyclic) bond motifs is 4. The molecule has 10 heterocycles. The molecule has 2 fully saturated rings. The monoisotopic (exact) mass is 1970 g/mol. The minimum atomic E-state index is -0.181. The second-order valence-corrected chi connectivity index (χ2v) is 37.1. The Bertz CT molecular complexity index is 8450. The number of H-pyrrole nitrogens is 1. The van der Waals surface area contributed by atoms with Crippen molar-refractivity contribution < 1.29 is 24.9 Å². The minimum absolute atomic E-state index is 0.0971. The third kappa shape index (κ3) is 22.3. The molecule has 24 rings (SSSR count). The number of aromatic nitrogens is 6. The van der Waals surface area contributed by atoms with Crippen LogP contribution in [0.25, 0.3) is 70.6 Å². The van der Waals surface area contributed by atoms with E-state index in [1.807, 2.05) is 407 Å². The summed E-state index contributed by atoms with van der Waals surface area (Å²) in [6.45, 7) is 0. The third-order valence-corrected chi connectivity index (χ3v) is 27.2. The lowest BCUT2D eigenvalue weighted by molar-refractivity contribution is -0.114. The number of pyridine rings is 1. The quantitative estimate of drug-likeness (QED) is 0.0704. The highest BCUT2D eigenvalue weighted by Gasteiger charge is 2.36. The van der Waals surface area contributed by atoms with E-state index in [0.717, 1.165) is 142 Å². The fourth-order valence-corrected chi connectivity index (χ4v) is 20.4. The average molecular weight is 1970 g/mol. The van der Waals surface area contributed by atoms with Crippen LogP contribution >= 0.6 is 57.5 Å². The second-order valence-electron chi connectivity index (χ2n) is 32.1. The maximum Gasteiger partial charge on any atom is 0.271 e. The summed E-state index contributed by atoms with van der Waals surface area (Å²) in [5.41, 5.74) is 14.2. The molecule has 0 radical (unpaired) electrons. The SMILES string of the molecule is O=C1/C(=C/c2ccc(=O)[nH]c2)SC(=Nc2ccccc2)N1c1ccccc1.O=C1/C(=C/c2ccc3nccnc3c2)SC(=Nc2ccccc2)N1c1ccccc1.Oc1c(C=c2ccc3c(c2)C=CN=3)sc(=Nc2ccccc2)n1-c1ccccc1.Oc1c(C=c2ccc3c(c2)N=CC=3)sc(=Nc2ccccc2)n1-c1ccccc1.Oc1c(C=c2ccc3c(c2)N=CN=3)sc(=Nc2ccccc2)n1-c1ccccc1. The van der Waals surface area contributed by atoms with E-state index < -0.39 is 0 Å². The number of amidine groups is 2. The number of thiazole rings is 3. The molecule has 19 aromatic rings. The van der Waals surface area contributed by atoms with Gasteiger partial charge in [-0.3, -0.25) is 57.8 Å². The molecule has 23 nitrogen and oxygen atoms in total. The van der Waals surface area contributed by atoms with Crippen LogP contribution in [0.5, 0.6) is 17.6 Å². The van der Waals surface area contributed by atoms with Crippen molar-refractivity contribution in [3.05, 3.63) is 511 Å². The Hall–Kier alpha value is -18.3. The Balaban J connectivity index is 0.000000110. The van der Waals surface area contributed by atoms with Crippen molar-refractivity contribution in [1.82, 2.24) is 28.7 Å². The first-order chi connectivity index (χ1) is 70.8. The molecular weight excluding hydrogens is 1890 g/mol. The first-order valence-electron chi connectivity index (χ1n) is 45.3. The fourth-order valence-electron chi connectivity index (χ4n) is 15.4. The van der Waals surface area contributed by atoms with Gasteiger partial charge in [0.1, 0.15) is 6.34 Å². The van der Waals surface area contributed by atoms with Gasteiger partial charge in [0.15, 0.2) is 24.7 Å². The zero-order valence-electron chi connectivity index (χ0n) is 76.2. The number of anilines is 2. The van der Waals surface area contributed by atoms with Gasteiger partial charge in [0.2, 0.25) is 23.2 Å².